The Balaban J connectivity index is 1.29. The van der Waals surface area contributed by atoms with Crippen molar-refractivity contribution < 1.29 is 4.42 Å². The molecule has 0 spiro atoms. The lowest BCUT2D eigenvalue weighted by atomic mass is 10.0. The monoisotopic (exact) mass is 362 g/mol. The van der Waals surface area contributed by atoms with Crippen LogP contribution in [0.1, 0.15) is 41.8 Å². The van der Waals surface area contributed by atoms with E-state index in [1.165, 1.54) is 35.8 Å². The number of hydrogen-bond acceptors (Lipinski definition) is 5. The number of piperidine rings is 1. The van der Waals surface area contributed by atoms with Crippen LogP contribution in [0.3, 0.4) is 0 Å². The lowest BCUT2D eigenvalue weighted by Crippen LogP contribution is -2.42. The van der Waals surface area contributed by atoms with Gasteiger partial charge in [0.1, 0.15) is 5.76 Å². The molecule has 0 bridgehead atoms. The molecule has 2 aromatic heterocycles. The Bertz CT molecular complexity index is 943. The Morgan fingerprint density at radius 1 is 1.15 bits per heavy atom. The van der Waals surface area contributed by atoms with Gasteiger partial charge in [-0.1, -0.05) is 0 Å². The summed E-state index contributed by atoms with van der Waals surface area (Å²) < 4.78 is 5.41. The van der Waals surface area contributed by atoms with E-state index in [0.717, 1.165) is 55.4 Å². The van der Waals surface area contributed by atoms with Crippen LogP contribution in [0.4, 0.5) is 5.95 Å². The number of aryl methyl sites for hydroxylation is 3. The Morgan fingerprint density at radius 2 is 1.96 bits per heavy atom. The molecule has 1 aromatic carbocycles. The van der Waals surface area contributed by atoms with Crippen molar-refractivity contribution >= 4 is 16.9 Å². The van der Waals surface area contributed by atoms with Crippen molar-refractivity contribution in [2.45, 2.75) is 51.6 Å². The fourth-order valence-corrected chi connectivity index (χ4v) is 4.42. The van der Waals surface area contributed by atoms with Crippen LogP contribution >= 0.6 is 0 Å². The number of anilines is 1. The van der Waals surface area contributed by atoms with Crippen LogP contribution in [0.25, 0.3) is 10.9 Å². The lowest BCUT2D eigenvalue weighted by molar-refractivity contribution is 0.387. The van der Waals surface area contributed by atoms with E-state index in [0.29, 0.717) is 6.04 Å². The van der Waals surface area contributed by atoms with Crippen molar-refractivity contribution in [2.24, 2.45) is 0 Å². The summed E-state index contributed by atoms with van der Waals surface area (Å²) in [5.41, 5.74) is 5.18. The summed E-state index contributed by atoms with van der Waals surface area (Å²) in [5, 5.41) is 4.82. The van der Waals surface area contributed by atoms with Crippen LogP contribution in [0.5, 0.6) is 0 Å². The molecule has 0 amide bonds. The van der Waals surface area contributed by atoms with Gasteiger partial charge in [-0.15, -0.1) is 0 Å². The molecule has 0 unspecified atom stereocenters. The molecule has 0 saturated carbocycles. The van der Waals surface area contributed by atoms with Gasteiger partial charge in [0.2, 0.25) is 5.95 Å². The summed E-state index contributed by atoms with van der Waals surface area (Å²) in [4.78, 5) is 12.1. The smallest absolute Gasteiger partial charge is 0.226 e. The quantitative estimate of drug-likeness (QED) is 0.765. The minimum atomic E-state index is 0.524. The maximum absolute atomic E-state index is 5.41. The minimum absolute atomic E-state index is 0.524. The van der Waals surface area contributed by atoms with E-state index < -0.39 is 0 Å². The average Bonchev–Trinajstić information content (AvgIpc) is 3.37. The number of fused-ring (bicyclic) bond motifs is 2. The van der Waals surface area contributed by atoms with Gasteiger partial charge in [-0.2, -0.15) is 0 Å². The van der Waals surface area contributed by atoms with Crippen molar-refractivity contribution in [1.82, 2.24) is 15.3 Å². The molecule has 2 aliphatic rings. The predicted molar refractivity (Wildman–Crippen MR) is 107 cm³/mol. The van der Waals surface area contributed by atoms with Gasteiger partial charge in [-0.3, -0.25) is 0 Å². The fraction of sp³-hybridized carbons (Fsp3) is 0.455. The van der Waals surface area contributed by atoms with Gasteiger partial charge in [-0.25, -0.2) is 9.97 Å². The molecule has 1 aliphatic carbocycles. The minimum Gasteiger partial charge on any atom is -0.468 e. The molecule has 3 aromatic rings. The first-order valence-electron chi connectivity index (χ1n) is 10.1. The van der Waals surface area contributed by atoms with Crippen LogP contribution in [-0.4, -0.2) is 29.1 Å². The first-order chi connectivity index (χ1) is 13.3. The van der Waals surface area contributed by atoms with E-state index in [9.17, 15) is 0 Å². The first-order valence-corrected chi connectivity index (χ1v) is 10.1. The number of nitrogens with zero attached hydrogens (tertiary/aromatic N) is 3. The molecule has 5 heteroatoms. The highest BCUT2D eigenvalue weighted by Gasteiger charge is 2.22. The zero-order valence-electron chi connectivity index (χ0n) is 15.9. The standard InChI is InChI=1S/C22H26N4O/c1-15-20-12-16-4-2-5-17(16)13-21(20)25-22(24-15)26-9-7-18(8-10-26)23-14-19-6-3-11-27-19/h3,6,11-13,18,23H,2,4-5,7-10,14H2,1H3. The second-order valence-electron chi connectivity index (χ2n) is 7.82. The number of aromatic nitrogens is 2. The topological polar surface area (TPSA) is 54.2 Å². The van der Waals surface area contributed by atoms with Crippen LogP contribution in [0.15, 0.2) is 34.9 Å². The number of furan rings is 1. The Morgan fingerprint density at radius 3 is 2.74 bits per heavy atom. The van der Waals surface area contributed by atoms with Crippen LogP contribution in [-0.2, 0) is 19.4 Å². The fourth-order valence-electron chi connectivity index (χ4n) is 4.42. The molecule has 3 heterocycles. The molecule has 5 rings (SSSR count). The third-order valence-corrected chi connectivity index (χ3v) is 6.01. The van der Waals surface area contributed by atoms with E-state index in [-0.39, 0.29) is 0 Å². The predicted octanol–water partition coefficient (Wildman–Crippen LogP) is 3.78. The zero-order valence-corrected chi connectivity index (χ0v) is 15.9. The van der Waals surface area contributed by atoms with Crippen LogP contribution in [0, 0.1) is 6.92 Å². The Hall–Kier alpha value is -2.40. The van der Waals surface area contributed by atoms with Crippen molar-refractivity contribution in [3.8, 4) is 0 Å². The average molecular weight is 362 g/mol. The van der Waals surface area contributed by atoms with Crippen molar-refractivity contribution in [1.29, 1.82) is 0 Å². The molecule has 5 nitrogen and oxygen atoms in total. The van der Waals surface area contributed by atoms with E-state index in [1.807, 2.05) is 12.1 Å². The summed E-state index contributed by atoms with van der Waals surface area (Å²) >= 11 is 0. The van der Waals surface area contributed by atoms with Crippen molar-refractivity contribution in [2.75, 3.05) is 18.0 Å². The lowest BCUT2D eigenvalue weighted by Gasteiger charge is -2.32. The second-order valence-corrected chi connectivity index (χ2v) is 7.82. The highest BCUT2D eigenvalue weighted by Crippen LogP contribution is 2.29. The van der Waals surface area contributed by atoms with Gasteiger partial charge in [0.05, 0.1) is 24.0 Å². The number of rotatable bonds is 4. The van der Waals surface area contributed by atoms with Gasteiger partial charge >= 0.3 is 0 Å². The van der Waals surface area contributed by atoms with Gasteiger partial charge in [0, 0.05) is 24.5 Å². The zero-order chi connectivity index (χ0) is 18.2. The Labute approximate surface area is 159 Å². The third kappa shape index (κ3) is 3.32. The normalized spacial score (nSPS) is 17.6. The number of nitrogens with one attached hydrogen (secondary N) is 1. The summed E-state index contributed by atoms with van der Waals surface area (Å²) in [6, 6.07) is 9.10. The number of hydrogen-bond donors (Lipinski definition) is 1. The summed E-state index contributed by atoms with van der Waals surface area (Å²) in [7, 11) is 0. The number of benzene rings is 1. The first kappa shape index (κ1) is 16.8. The van der Waals surface area contributed by atoms with Crippen molar-refractivity contribution in [3.63, 3.8) is 0 Å². The molecule has 0 atom stereocenters. The van der Waals surface area contributed by atoms with E-state index in [2.05, 4.69) is 29.3 Å². The summed E-state index contributed by atoms with van der Waals surface area (Å²) in [5.74, 6) is 1.89. The van der Waals surface area contributed by atoms with E-state index in [1.54, 1.807) is 6.26 Å². The highest BCUT2D eigenvalue weighted by atomic mass is 16.3. The molecular weight excluding hydrogens is 336 g/mol. The third-order valence-electron chi connectivity index (χ3n) is 6.01. The SMILES string of the molecule is Cc1nc(N2CCC(NCc3ccco3)CC2)nc2cc3c(cc12)CCC3. The molecular formula is C22H26N4O. The largest absolute Gasteiger partial charge is 0.468 e. The highest BCUT2D eigenvalue weighted by molar-refractivity contribution is 5.84. The van der Waals surface area contributed by atoms with Crippen LogP contribution < -0.4 is 10.2 Å². The van der Waals surface area contributed by atoms with Crippen LogP contribution in [0.2, 0.25) is 0 Å². The van der Waals surface area contributed by atoms with Crippen molar-refractivity contribution in [3.05, 3.63) is 53.1 Å². The molecule has 27 heavy (non-hydrogen) atoms. The molecule has 1 fully saturated rings. The summed E-state index contributed by atoms with van der Waals surface area (Å²) in [6.07, 6.45) is 7.59. The maximum Gasteiger partial charge on any atom is 0.226 e. The molecule has 1 N–H and O–H groups in total. The van der Waals surface area contributed by atoms with E-state index in [4.69, 9.17) is 14.4 Å². The van der Waals surface area contributed by atoms with Gasteiger partial charge in [0.25, 0.3) is 0 Å². The molecule has 0 radical (unpaired) electrons. The molecule has 1 aliphatic heterocycles. The molecule has 1 saturated heterocycles. The van der Waals surface area contributed by atoms with Gasteiger partial charge in [-0.05, 0) is 74.4 Å². The maximum atomic E-state index is 5.41. The van der Waals surface area contributed by atoms with Gasteiger partial charge in [0.15, 0.2) is 0 Å². The van der Waals surface area contributed by atoms with Gasteiger partial charge < -0.3 is 14.6 Å². The van der Waals surface area contributed by atoms with E-state index >= 15 is 0 Å². The molecule has 140 valence electrons. The second kappa shape index (κ2) is 6.97. The Kier molecular flexibility index (Phi) is 4.32. The summed E-state index contributed by atoms with van der Waals surface area (Å²) in [6.45, 7) is 4.90.